The third-order valence-corrected chi connectivity index (χ3v) is 3.91. The number of rotatable bonds is 5. The van der Waals surface area contributed by atoms with E-state index < -0.39 is 0 Å². The SMILES string of the molecule is Cc1nc(CCNc2ccc(C(N)=S)c(C)c2)cs1. The van der Waals surface area contributed by atoms with E-state index in [9.17, 15) is 0 Å². The molecule has 0 aliphatic carbocycles. The highest BCUT2D eigenvalue weighted by molar-refractivity contribution is 7.80. The lowest BCUT2D eigenvalue weighted by Crippen LogP contribution is -2.12. The summed E-state index contributed by atoms with van der Waals surface area (Å²) in [6, 6.07) is 6.04. The Bertz CT molecular complexity index is 590. The quantitative estimate of drug-likeness (QED) is 0.831. The number of anilines is 1. The van der Waals surface area contributed by atoms with Gasteiger partial charge in [0.2, 0.25) is 0 Å². The van der Waals surface area contributed by atoms with Gasteiger partial charge in [-0.1, -0.05) is 12.2 Å². The standard InChI is InChI=1S/C14H17N3S2/c1-9-7-11(3-4-13(9)14(15)18)16-6-5-12-8-19-10(2)17-12/h3-4,7-8,16H,5-6H2,1-2H3,(H2,15,18). The second kappa shape index (κ2) is 6.12. The topological polar surface area (TPSA) is 50.9 Å². The molecule has 0 aliphatic heterocycles. The molecule has 19 heavy (non-hydrogen) atoms. The van der Waals surface area contributed by atoms with Gasteiger partial charge < -0.3 is 11.1 Å². The zero-order valence-corrected chi connectivity index (χ0v) is 12.7. The predicted octanol–water partition coefficient (Wildman–Crippen LogP) is 3.05. The Kier molecular flexibility index (Phi) is 4.50. The van der Waals surface area contributed by atoms with E-state index >= 15 is 0 Å². The third kappa shape index (κ3) is 3.75. The molecule has 0 aliphatic rings. The average molecular weight is 291 g/mol. The van der Waals surface area contributed by atoms with Gasteiger partial charge in [0.1, 0.15) is 4.99 Å². The first-order valence-electron chi connectivity index (χ1n) is 6.11. The van der Waals surface area contributed by atoms with Gasteiger partial charge in [-0.25, -0.2) is 4.98 Å². The third-order valence-electron chi connectivity index (χ3n) is 2.87. The van der Waals surface area contributed by atoms with Crippen molar-refractivity contribution in [3.63, 3.8) is 0 Å². The molecular formula is C14H17N3S2. The number of nitrogens with one attached hydrogen (secondary N) is 1. The molecule has 100 valence electrons. The predicted molar refractivity (Wildman–Crippen MR) is 86.1 cm³/mol. The number of aromatic nitrogens is 1. The lowest BCUT2D eigenvalue weighted by molar-refractivity contribution is 0.968. The second-order valence-electron chi connectivity index (χ2n) is 4.43. The van der Waals surface area contributed by atoms with Gasteiger partial charge in [0.15, 0.2) is 0 Å². The molecule has 0 fully saturated rings. The average Bonchev–Trinajstić information content (AvgIpc) is 2.75. The summed E-state index contributed by atoms with van der Waals surface area (Å²) in [5.74, 6) is 0. The molecule has 0 unspecified atom stereocenters. The number of hydrogen-bond acceptors (Lipinski definition) is 4. The number of thiocarbonyl (C=S) groups is 1. The van der Waals surface area contributed by atoms with Crippen LogP contribution in [0.15, 0.2) is 23.6 Å². The van der Waals surface area contributed by atoms with Gasteiger partial charge in [0.25, 0.3) is 0 Å². The summed E-state index contributed by atoms with van der Waals surface area (Å²) < 4.78 is 0. The van der Waals surface area contributed by atoms with Crippen LogP contribution in [0, 0.1) is 13.8 Å². The van der Waals surface area contributed by atoms with Crippen molar-refractivity contribution in [2.75, 3.05) is 11.9 Å². The molecule has 0 atom stereocenters. The van der Waals surface area contributed by atoms with Crippen LogP contribution in [-0.4, -0.2) is 16.5 Å². The Hall–Kier alpha value is -1.46. The smallest absolute Gasteiger partial charge is 0.104 e. The molecule has 1 aromatic heterocycles. The minimum absolute atomic E-state index is 0.446. The fraction of sp³-hybridized carbons (Fsp3) is 0.286. The zero-order chi connectivity index (χ0) is 13.8. The van der Waals surface area contributed by atoms with E-state index in [1.807, 2.05) is 26.0 Å². The maximum atomic E-state index is 5.65. The van der Waals surface area contributed by atoms with Gasteiger partial charge in [0.05, 0.1) is 10.7 Å². The van der Waals surface area contributed by atoms with E-state index in [1.54, 1.807) is 11.3 Å². The summed E-state index contributed by atoms with van der Waals surface area (Å²) in [6.45, 7) is 4.91. The Labute approximate surface area is 122 Å². The monoisotopic (exact) mass is 291 g/mol. The fourth-order valence-electron chi connectivity index (χ4n) is 1.91. The molecule has 2 rings (SSSR count). The minimum atomic E-state index is 0.446. The molecule has 5 heteroatoms. The maximum absolute atomic E-state index is 5.65. The number of benzene rings is 1. The van der Waals surface area contributed by atoms with Crippen LogP contribution in [0.2, 0.25) is 0 Å². The van der Waals surface area contributed by atoms with Crippen molar-refractivity contribution < 1.29 is 0 Å². The van der Waals surface area contributed by atoms with E-state index in [1.165, 1.54) is 0 Å². The van der Waals surface area contributed by atoms with Crippen LogP contribution in [0.3, 0.4) is 0 Å². The number of thiazole rings is 1. The summed E-state index contributed by atoms with van der Waals surface area (Å²) in [5.41, 5.74) is 9.92. The summed E-state index contributed by atoms with van der Waals surface area (Å²) in [4.78, 5) is 4.89. The van der Waals surface area contributed by atoms with Gasteiger partial charge in [-0.3, -0.25) is 0 Å². The van der Waals surface area contributed by atoms with E-state index in [0.717, 1.165) is 40.5 Å². The number of aryl methyl sites for hydroxylation is 2. The highest BCUT2D eigenvalue weighted by Gasteiger charge is 2.03. The zero-order valence-electron chi connectivity index (χ0n) is 11.1. The molecule has 1 heterocycles. The molecule has 0 saturated heterocycles. The van der Waals surface area contributed by atoms with Crippen LogP contribution in [0.1, 0.15) is 21.8 Å². The number of nitrogens with zero attached hydrogens (tertiary/aromatic N) is 1. The van der Waals surface area contributed by atoms with Crippen molar-refractivity contribution in [2.24, 2.45) is 5.73 Å². The Morgan fingerprint density at radius 1 is 1.42 bits per heavy atom. The molecule has 0 spiro atoms. The number of hydrogen-bond donors (Lipinski definition) is 2. The number of nitrogens with two attached hydrogens (primary N) is 1. The minimum Gasteiger partial charge on any atom is -0.389 e. The van der Waals surface area contributed by atoms with Crippen molar-refractivity contribution in [3.8, 4) is 0 Å². The lowest BCUT2D eigenvalue weighted by atomic mass is 10.1. The summed E-state index contributed by atoms with van der Waals surface area (Å²) >= 11 is 6.69. The lowest BCUT2D eigenvalue weighted by Gasteiger charge is -2.09. The highest BCUT2D eigenvalue weighted by Crippen LogP contribution is 2.15. The molecular weight excluding hydrogens is 274 g/mol. The second-order valence-corrected chi connectivity index (χ2v) is 5.93. The van der Waals surface area contributed by atoms with Gasteiger partial charge in [-0.15, -0.1) is 11.3 Å². The van der Waals surface area contributed by atoms with Crippen LogP contribution in [0.25, 0.3) is 0 Å². The molecule has 3 nitrogen and oxygen atoms in total. The molecule has 0 bridgehead atoms. The normalized spacial score (nSPS) is 10.4. The van der Waals surface area contributed by atoms with Crippen LogP contribution in [0.5, 0.6) is 0 Å². The molecule has 1 aromatic carbocycles. The molecule has 0 radical (unpaired) electrons. The Balaban J connectivity index is 1.93. The molecule has 0 saturated carbocycles. The summed E-state index contributed by atoms with van der Waals surface area (Å²) in [5, 5.41) is 6.62. The van der Waals surface area contributed by atoms with Crippen LogP contribution in [-0.2, 0) is 6.42 Å². The van der Waals surface area contributed by atoms with Gasteiger partial charge >= 0.3 is 0 Å². The van der Waals surface area contributed by atoms with E-state index in [0.29, 0.717) is 4.99 Å². The molecule has 3 N–H and O–H groups in total. The Morgan fingerprint density at radius 3 is 2.79 bits per heavy atom. The van der Waals surface area contributed by atoms with Crippen LogP contribution < -0.4 is 11.1 Å². The van der Waals surface area contributed by atoms with Crippen molar-refractivity contribution in [1.82, 2.24) is 4.98 Å². The van der Waals surface area contributed by atoms with Crippen LogP contribution in [0.4, 0.5) is 5.69 Å². The summed E-state index contributed by atoms with van der Waals surface area (Å²) in [7, 11) is 0. The van der Waals surface area contributed by atoms with Crippen molar-refractivity contribution >= 4 is 34.2 Å². The highest BCUT2D eigenvalue weighted by atomic mass is 32.1. The maximum Gasteiger partial charge on any atom is 0.104 e. The van der Waals surface area contributed by atoms with Crippen molar-refractivity contribution in [1.29, 1.82) is 0 Å². The Morgan fingerprint density at radius 2 is 2.21 bits per heavy atom. The van der Waals surface area contributed by atoms with E-state index in [4.69, 9.17) is 18.0 Å². The van der Waals surface area contributed by atoms with Crippen molar-refractivity contribution in [3.05, 3.63) is 45.4 Å². The molecule has 0 amide bonds. The van der Waals surface area contributed by atoms with E-state index in [-0.39, 0.29) is 0 Å². The van der Waals surface area contributed by atoms with Crippen LogP contribution >= 0.6 is 23.6 Å². The summed E-state index contributed by atoms with van der Waals surface area (Å²) in [6.07, 6.45) is 0.931. The van der Waals surface area contributed by atoms with Crippen molar-refractivity contribution in [2.45, 2.75) is 20.3 Å². The fourth-order valence-corrected chi connectivity index (χ4v) is 2.78. The van der Waals surface area contributed by atoms with Gasteiger partial charge in [-0.2, -0.15) is 0 Å². The van der Waals surface area contributed by atoms with E-state index in [2.05, 4.69) is 21.7 Å². The van der Waals surface area contributed by atoms with Gasteiger partial charge in [-0.05, 0) is 37.6 Å². The first-order chi connectivity index (χ1) is 9.06. The first kappa shape index (κ1) is 14.0. The van der Waals surface area contributed by atoms with Gasteiger partial charge in [0, 0.05) is 29.6 Å². The molecule has 2 aromatic rings. The first-order valence-corrected chi connectivity index (χ1v) is 7.40. The largest absolute Gasteiger partial charge is 0.389 e.